The van der Waals surface area contributed by atoms with Gasteiger partial charge >= 0.3 is 0 Å². The second kappa shape index (κ2) is 3.30. The highest BCUT2D eigenvalue weighted by Gasteiger charge is 2.10. The standard InChI is InChI=1S/C8H12N2/c1-2-10-8-5-3-4-7(8)6-9/h2,6,9H,3-5H2,1H3/b9-6?,10-2-. The summed E-state index contributed by atoms with van der Waals surface area (Å²) < 4.78 is 0. The van der Waals surface area contributed by atoms with Crippen LogP contribution in [0.25, 0.3) is 0 Å². The van der Waals surface area contributed by atoms with E-state index in [0.29, 0.717) is 0 Å². The van der Waals surface area contributed by atoms with Crippen LogP contribution in [-0.4, -0.2) is 12.4 Å². The summed E-state index contributed by atoms with van der Waals surface area (Å²) in [6.07, 6.45) is 6.47. The molecule has 1 rings (SSSR count). The topological polar surface area (TPSA) is 36.2 Å². The molecule has 0 amide bonds. The van der Waals surface area contributed by atoms with Crippen LogP contribution in [0.1, 0.15) is 26.2 Å². The maximum atomic E-state index is 7.05. The lowest BCUT2D eigenvalue weighted by molar-refractivity contribution is 0.897. The third-order valence-corrected chi connectivity index (χ3v) is 1.69. The largest absolute Gasteiger partial charge is 0.308 e. The summed E-state index contributed by atoms with van der Waals surface area (Å²) in [7, 11) is 0. The Morgan fingerprint density at radius 1 is 1.50 bits per heavy atom. The lowest BCUT2D eigenvalue weighted by atomic mass is 10.2. The minimum Gasteiger partial charge on any atom is -0.308 e. The van der Waals surface area contributed by atoms with Crippen molar-refractivity contribution in [2.75, 3.05) is 0 Å². The van der Waals surface area contributed by atoms with Gasteiger partial charge in [0.1, 0.15) is 0 Å². The van der Waals surface area contributed by atoms with Crippen LogP contribution < -0.4 is 0 Å². The highest BCUT2D eigenvalue weighted by atomic mass is 14.7. The first kappa shape index (κ1) is 7.19. The summed E-state index contributed by atoms with van der Waals surface area (Å²) in [5.74, 6) is 0. The van der Waals surface area contributed by atoms with E-state index in [2.05, 4.69) is 4.99 Å². The number of allylic oxidation sites excluding steroid dienone is 2. The fourth-order valence-corrected chi connectivity index (χ4v) is 1.21. The predicted octanol–water partition coefficient (Wildman–Crippen LogP) is 2.16. The van der Waals surface area contributed by atoms with Crippen molar-refractivity contribution in [2.24, 2.45) is 4.99 Å². The molecule has 2 nitrogen and oxygen atoms in total. The second-order valence-electron chi connectivity index (χ2n) is 2.36. The number of nitrogens with zero attached hydrogens (tertiary/aromatic N) is 1. The Bertz CT molecular complexity index is 189. The van der Waals surface area contributed by atoms with Gasteiger partial charge in [-0.15, -0.1) is 0 Å². The van der Waals surface area contributed by atoms with E-state index < -0.39 is 0 Å². The SMILES string of the molecule is C/C=N\C1=C(C=N)CCC1. The van der Waals surface area contributed by atoms with Gasteiger partial charge in [-0.05, 0) is 31.8 Å². The number of aliphatic imine (C=N–C) groups is 1. The minimum atomic E-state index is 1.04. The van der Waals surface area contributed by atoms with Gasteiger partial charge in [0.25, 0.3) is 0 Å². The van der Waals surface area contributed by atoms with Gasteiger partial charge in [0.2, 0.25) is 0 Å². The number of rotatable bonds is 2. The molecule has 0 fully saturated rings. The maximum absolute atomic E-state index is 7.05. The number of hydrogen-bond acceptors (Lipinski definition) is 2. The van der Waals surface area contributed by atoms with Crippen molar-refractivity contribution in [3.8, 4) is 0 Å². The molecule has 0 aromatic carbocycles. The van der Waals surface area contributed by atoms with Crippen LogP contribution in [0.15, 0.2) is 16.3 Å². The van der Waals surface area contributed by atoms with Crippen LogP contribution in [0.3, 0.4) is 0 Å². The van der Waals surface area contributed by atoms with Crippen molar-refractivity contribution < 1.29 is 0 Å². The summed E-state index contributed by atoms with van der Waals surface area (Å²) in [6.45, 7) is 1.91. The van der Waals surface area contributed by atoms with E-state index in [0.717, 1.165) is 30.5 Å². The van der Waals surface area contributed by atoms with Gasteiger partial charge < -0.3 is 5.41 Å². The van der Waals surface area contributed by atoms with Gasteiger partial charge in [0, 0.05) is 18.1 Å². The van der Waals surface area contributed by atoms with Gasteiger partial charge in [-0.1, -0.05) is 0 Å². The summed E-state index contributed by atoms with van der Waals surface area (Å²) in [5.41, 5.74) is 2.22. The lowest BCUT2D eigenvalue weighted by Crippen LogP contribution is -1.80. The smallest absolute Gasteiger partial charge is 0.0446 e. The summed E-state index contributed by atoms with van der Waals surface area (Å²) in [6, 6.07) is 0. The molecule has 0 aliphatic heterocycles. The Hall–Kier alpha value is -0.920. The molecular weight excluding hydrogens is 124 g/mol. The van der Waals surface area contributed by atoms with Gasteiger partial charge in [-0.25, -0.2) is 0 Å². The van der Waals surface area contributed by atoms with Crippen LogP contribution in [0.5, 0.6) is 0 Å². The van der Waals surface area contributed by atoms with Crippen molar-refractivity contribution in [3.63, 3.8) is 0 Å². The van der Waals surface area contributed by atoms with E-state index in [-0.39, 0.29) is 0 Å². The molecule has 0 spiro atoms. The first-order valence-corrected chi connectivity index (χ1v) is 3.59. The average Bonchev–Trinajstić information content (AvgIpc) is 2.36. The predicted molar refractivity (Wildman–Crippen MR) is 43.8 cm³/mol. The Kier molecular flexibility index (Phi) is 2.37. The van der Waals surface area contributed by atoms with Crippen LogP contribution in [-0.2, 0) is 0 Å². The molecule has 1 N–H and O–H groups in total. The second-order valence-corrected chi connectivity index (χ2v) is 2.36. The fourth-order valence-electron chi connectivity index (χ4n) is 1.21. The molecule has 0 radical (unpaired) electrons. The average molecular weight is 136 g/mol. The zero-order valence-electron chi connectivity index (χ0n) is 6.22. The van der Waals surface area contributed by atoms with E-state index in [9.17, 15) is 0 Å². The van der Waals surface area contributed by atoms with Crippen molar-refractivity contribution in [1.29, 1.82) is 5.41 Å². The first-order chi connectivity index (χ1) is 4.88. The molecule has 0 heterocycles. The van der Waals surface area contributed by atoms with Crippen molar-refractivity contribution in [2.45, 2.75) is 26.2 Å². The molecular formula is C8H12N2. The normalized spacial score (nSPS) is 18.9. The van der Waals surface area contributed by atoms with Crippen LogP contribution in [0.2, 0.25) is 0 Å². The zero-order valence-corrected chi connectivity index (χ0v) is 6.22. The Balaban J connectivity index is 2.77. The fraction of sp³-hybridized carbons (Fsp3) is 0.500. The molecule has 0 bridgehead atoms. The highest BCUT2D eigenvalue weighted by molar-refractivity contribution is 5.78. The number of nitrogens with one attached hydrogen (secondary N) is 1. The van der Waals surface area contributed by atoms with Gasteiger partial charge in [-0.2, -0.15) is 0 Å². The molecule has 0 unspecified atom stereocenters. The summed E-state index contributed by atoms with van der Waals surface area (Å²) >= 11 is 0. The maximum Gasteiger partial charge on any atom is 0.0446 e. The van der Waals surface area contributed by atoms with E-state index in [1.807, 2.05) is 6.92 Å². The minimum absolute atomic E-state index is 1.04. The zero-order chi connectivity index (χ0) is 7.40. The third-order valence-electron chi connectivity index (χ3n) is 1.69. The molecule has 0 aromatic heterocycles. The lowest BCUT2D eigenvalue weighted by Gasteiger charge is -1.91. The van der Waals surface area contributed by atoms with Gasteiger partial charge in [0.15, 0.2) is 0 Å². The highest BCUT2D eigenvalue weighted by Crippen LogP contribution is 2.24. The van der Waals surface area contributed by atoms with Crippen LogP contribution in [0, 0.1) is 5.41 Å². The molecule has 2 heteroatoms. The molecule has 0 atom stereocenters. The van der Waals surface area contributed by atoms with Crippen molar-refractivity contribution in [1.82, 2.24) is 0 Å². The van der Waals surface area contributed by atoms with Crippen LogP contribution in [0.4, 0.5) is 0 Å². The van der Waals surface area contributed by atoms with E-state index in [1.54, 1.807) is 6.21 Å². The van der Waals surface area contributed by atoms with Gasteiger partial charge in [-0.3, -0.25) is 4.99 Å². The molecule has 1 aliphatic rings. The van der Waals surface area contributed by atoms with Crippen LogP contribution >= 0.6 is 0 Å². The Morgan fingerprint density at radius 3 is 2.90 bits per heavy atom. The third kappa shape index (κ3) is 1.32. The molecule has 0 aromatic rings. The summed E-state index contributed by atoms with van der Waals surface area (Å²) in [4.78, 5) is 4.18. The van der Waals surface area contributed by atoms with E-state index in [4.69, 9.17) is 5.41 Å². The molecule has 10 heavy (non-hydrogen) atoms. The quantitative estimate of drug-likeness (QED) is 0.565. The Morgan fingerprint density at radius 2 is 2.30 bits per heavy atom. The molecule has 1 aliphatic carbocycles. The van der Waals surface area contributed by atoms with E-state index >= 15 is 0 Å². The van der Waals surface area contributed by atoms with Gasteiger partial charge in [0.05, 0.1) is 0 Å². The molecule has 0 saturated heterocycles. The summed E-state index contributed by atoms with van der Waals surface area (Å²) in [5, 5.41) is 7.05. The van der Waals surface area contributed by atoms with Crippen molar-refractivity contribution >= 4 is 12.4 Å². The first-order valence-electron chi connectivity index (χ1n) is 3.59. The molecule has 54 valence electrons. The Labute approximate surface area is 61.2 Å². The molecule has 0 saturated carbocycles. The number of hydrogen-bond donors (Lipinski definition) is 1. The monoisotopic (exact) mass is 136 g/mol. The van der Waals surface area contributed by atoms with Crippen molar-refractivity contribution in [3.05, 3.63) is 11.3 Å². The van der Waals surface area contributed by atoms with E-state index in [1.165, 1.54) is 6.21 Å².